The van der Waals surface area contributed by atoms with Crippen LogP contribution in [-0.4, -0.2) is 68.0 Å². The minimum atomic E-state index is -0.759. The largest absolute Gasteiger partial charge is 0.368 e. The van der Waals surface area contributed by atoms with E-state index >= 15 is 8.78 Å². The van der Waals surface area contributed by atoms with Crippen molar-refractivity contribution < 1.29 is 18.4 Å². The summed E-state index contributed by atoms with van der Waals surface area (Å²) >= 11 is 0. The molecule has 0 spiro atoms. The number of rotatable bonds is 7. The number of carbonyl (C=O) groups excluding carboxylic acids is 2. The van der Waals surface area contributed by atoms with Gasteiger partial charge in [-0.3, -0.25) is 14.6 Å². The van der Waals surface area contributed by atoms with Gasteiger partial charge < -0.3 is 26.2 Å². The number of anilines is 3. The normalized spacial score (nSPS) is 20.6. The van der Waals surface area contributed by atoms with Gasteiger partial charge in [0.1, 0.15) is 11.6 Å². The van der Waals surface area contributed by atoms with E-state index in [1.807, 2.05) is 13.0 Å². The van der Waals surface area contributed by atoms with Crippen LogP contribution >= 0.6 is 0 Å². The molecule has 0 bridgehead atoms. The summed E-state index contributed by atoms with van der Waals surface area (Å²) in [6.45, 7) is 5.45. The maximum Gasteiger partial charge on any atom is 0.229 e. The van der Waals surface area contributed by atoms with E-state index in [1.165, 1.54) is 23.6 Å². The molecule has 0 saturated carbocycles. The molecule has 43 heavy (non-hydrogen) atoms. The zero-order valence-electron chi connectivity index (χ0n) is 23.9. The lowest BCUT2D eigenvalue weighted by molar-refractivity contribution is -0.128. The second-order valence-electron chi connectivity index (χ2n) is 11.3. The number of likely N-dealkylation sites (tertiary alicyclic amines) is 1. The van der Waals surface area contributed by atoms with Crippen LogP contribution in [0.3, 0.4) is 0 Å². The molecule has 2 saturated heterocycles. The maximum atomic E-state index is 15.3. The number of piperidine rings is 1. The van der Waals surface area contributed by atoms with Crippen LogP contribution in [0.25, 0.3) is 16.8 Å². The quantitative estimate of drug-likeness (QED) is 0.299. The Morgan fingerprint density at radius 3 is 2.63 bits per heavy atom. The predicted octanol–water partition coefficient (Wildman–Crippen LogP) is 3.22. The van der Waals surface area contributed by atoms with Crippen molar-refractivity contribution in [3.63, 3.8) is 0 Å². The molecule has 5 heterocycles. The van der Waals surface area contributed by atoms with Gasteiger partial charge in [-0.1, -0.05) is 6.92 Å². The van der Waals surface area contributed by atoms with E-state index < -0.39 is 11.6 Å². The smallest absolute Gasteiger partial charge is 0.229 e. The summed E-state index contributed by atoms with van der Waals surface area (Å²) in [5.41, 5.74) is 8.80. The average molecular weight is 590 g/mol. The highest BCUT2D eigenvalue weighted by Crippen LogP contribution is 2.32. The van der Waals surface area contributed by atoms with Gasteiger partial charge in [-0.05, 0) is 48.2 Å². The fourth-order valence-electron chi connectivity index (χ4n) is 6.04. The molecule has 2 amide bonds. The Hall–Kier alpha value is -4.65. The van der Waals surface area contributed by atoms with Gasteiger partial charge in [0.05, 0.1) is 40.5 Å². The van der Waals surface area contributed by atoms with Crippen molar-refractivity contribution >= 4 is 34.7 Å². The molecular weight excluding hydrogens is 556 g/mol. The number of nitrogens with zero attached hydrogens (tertiary/aromatic N) is 6. The molecule has 13 heteroatoms. The van der Waals surface area contributed by atoms with Crippen molar-refractivity contribution in [3.05, 3.63) is 66.1 Å². The number of amides is 2. The molecule has 3 atom stereocenters. The molecular formula is C30H33F2N9O2. The Balaban J connectivity index is 1.27. The van der Waals surface area contributed by atoms with Gasteiger partial charge >= 0.3 is 0 Å². The second kappa shape index (κ2) is 11.6. The fraction of sp³-hybridized carbons (Fsp3) is 0.367. The third-order valence-corrected chi connectivity index (χ3v) is 8.06. The van der Waals surface area contributed by atoms with E-state index in [2.05, 4.69) is 30.6 Å². The van der Waals surface area contributed by atoms with Gasteiger partial charge in [-0.2, -0.15) is 9.61 Å². The van der Waals surface area contributed by atoms with Crippen molar-refractivity contribution in [1.82, 2.24) is 29.8 Å². The summed E-state index contributed by atoms with van der Waals surface area (Å²) in [5.74, 6) is -1.21. The highest BCUT2D eigenvalue weighted by molar-refractivity contribution is 5.78. The Kier molecular flexibility index (Phi) is 7.65. The molecule has 2 fully saturated rings. The lowest BCUT2D eigenvalue weighted by atomic mass is 9.89. The number of benzene rings is 1. The average Bonchev–Trinajstić information content (AvgIpc) is 3.55. The van der Waals surface area contributed by atoms with E-state index in [0.29, 0.717) is 48.8 Å². The zero-order chi connectivity index (χ0) is 30.2. The van der Waals surface area contributed by atoms with Crippen LogP contribution in [0.15, 0.2) is 48.9 Å². The van der Waals surface area contributed by atoms with Crippen LogP contribution in [0, 0.1) is 17.6 Å². The van der Waals surface area contributed by atoms with E-state index in [9.17, 15) is 9.59 Å². The topological polar surface area (TPSA) is 134 Å². The van der Waals surface area contributed by atoms with Crippen molar-refractivity contribution in [2.45, 2.75) is 45.3 Å². The lowest BCUT2D eigenvalue weighted by Gasteiger charge is -2.42. The molecule has 3 aromatic heterocycles. The SMILES string of the molecule is CC(=O)N[C@@H]1[C@H](N)CN(c2ccncc2Nc2ncc3ccc(-c4c(F)cc(CN5CCCC5=O)cc4F)nn23)C[C@@H]1C. The molecule has 0 aliphatic carbocycles. The molecule has 0 radical (unpaired) electrons. The third-order valence-electron chi connectivity index (χ3n) is 8.06. The van der Waals surface area contributed by atoms with Crippen LogP contribution in [0.2, 0.25) is 0 Å². The molecule has 224 valence electrons. The van der Waals surface area contributed by atoms with E-state index in [1.54, 1.807) is 35.6 Å². The van der Waals surface area contributed by atoms with Crippen LogP contribution < -0.4 is 21.3 Å². The van der Waals surface area contributed by atoms with Crippen molar-refractivity contribution in [1.29, 1.82) is 0 Å². The molecule has 2 aliphatic rings. The number of pyridine rings is 1. The van der Waals surface area contributed by atoms with E-state index in [0.717, 1.165) is 12.1 Å². The molecule has 1 aromatic carbocycles. The standard InChI is InChI=1S/C30H33F2N9O2/c1-17-14-40(16-23(33)29(17)36-18(2)42)26-7-8-34-13-25(26)37-30-35-12-20-5-6-24(38-41(20)30)28-21(31)10-19(11-22(28)32)15-39-9-3-4-27(39)43/h5-8,10-13,17,23,29H,3-4,9,14-16,33H2,1-2H3,(H,35,37)(H,36,42)/t17-,23+,29-/m0/s1. The number of hydrogen-bond donors (Lipinski definition) is 3. The van der Waals surface area contributed by atoms with Crippen LogP contribution in [-0.2, 0) is 16.1 Å². The highest BCUT2D eigenvalue weighted by Gasteiger charge is 2.34. The summed E-state index contributed by atoms with van der Waals surface area (Å²) in [5, 5.41) is 10.8. The third kappa shape index (κ3) is 5.72. The minimum Gasteiger partial charge on any atom is -0.368 e. The fourth-order valence-corrected chi connectivity index (χ4v) is 6.04. The first-order valence-corrected chi connectivity index (χ1v) is 14.3. The molecule has 4 N–H and O–H groups in total. The first-order chi connectivity index (χ1) is 20.7. The molecule has 4 aromatic rings. The van der Waals surface area contributed by atoms with Gasteiger partial charge in [0, 0.05) is 57.8 Å². The Morgan fingerprint density at radius 1 is 1.14 bits per heavy atom. The number of hydrogen-bond acceptors (Lipinski definition) is 8. The second-order valence-corrected chi connectivity index (χ2v) is 11.3. The lowest BCUT2D eigenvalue weighted by Crippen LogP contribution is -2.61. The monoisotopic (exact) mass is 589 g/mol. The van der Waals surface area contributed by atoms with Gasteiger partial charge in [-0.25, -0.2) is 13.8 Å². The molecule has 0 unspecified atom stereocenters. The first-order valence-electron chi connectivity index (χ1n) is 14.3. The van der Waals surface area contributed by atoms with Crippen LogP contribution in [0.4, 0.5) is 26.1 Å². The number of nitrogens with one attached hydrogen (secondary N) is 2. The van der Waals surface area contributed by atoms with Gasteiger partial charge in [-0.15, -0.1) is 0 Å². The number of nitrogens with two attached hydrogens (primary N) is 1. The molecule has 2 aliphatic heterocycles. The van der Waals surface area contributed by atoms with Crippen molar-refractivity contribution in [2.24, 2.45) is 11.7 Å². The first kappa shape index (κ1) is 28.5. The number of aromatic nitrogens is 4. The number of carbonyl (C=O) groups is 2. The number of halogens is 2. The van der Waals surface area contributed by atoms with Crippen molar-refractivity contribution in [2.75, 3.05) is 29.9 Å². The van der Waals surface area contributed by atoms with Crippen molar-refractivity contribution in [3.8, 4) is 11.3 Å². The Bertz CT molecular complexity index is 1660. The van der Waals surface area contributed by atoms with Gasteiger partial charge in [0.2, 0.25) is 17.8 Å². The predicted molar refractivity (Wildman–Crippen MR) is 157 cm³/mol. The minimum absolute atomic E-state index is 0.0132. The Labute approximate surface area is 247 Å². The summed E-state index contributed by atoms with van der Waals surface area (Å²) in [6, 6.07) is 7.20. The maximum absolute atomic E-state index is 15.3. The van der Waals surface area contributed by atoms with Gasteiger partial charge in [0.25, 0.3) is 0 Å². The zero-order valence-corrected chi connectivity index (χ0v) is 23.9. The summed E-state index contributed by atoms with van der Waals surface area (Å²) < 4.78 is 32.1. The van der Waals surface area contributed by atoms with Gasteiger partial charge in [0.15, 0.2) is 0 Å². The summed E-state index contributed by atoms with van der Waals surface area (Å²) in [4.78, 5) is 36.1. The summed E-state index contributed by atoms with van der Waals surface area (Å²) in [7, 11) is 0. The van der Waals surface area contributed by atoms with E-state index in [4.69, 9.17) is 5.73 Å². The molecule has 11 nitrogen and oxygen atoms in total. The van der Waals surface area contributed by atoms with Crippen LogP contribution in [0.1, 0.15) is 32.3 Å². The van der Waals surface area contributed by atoms with Crippen LogP contribution in [0.5, 0.6) is 0 Å². The van der Waals surface area contributed by atoms with E-state index in [-0.39, 0.29) is 47.6 Å². The Morgan fingerprint density at radius 2 is 1.93 bits per heavy atom. The number of imidazole rings is 1. The molecule has 6 rings (SSSR count). The highest BCUT2D eigenvalue weighted by atomic mass is 19.1. The number of fused-ring (bicyclic) bond motifs is 1. The summed E-state index contributed by atoms with van der Waals surface area (Å²) in [6.07, 6.45) is 6.16.